The van der Waals surface area contributed by atoms with Gasteiger partial charge in [-0.1, -0.05) is 0 Å². The fraction of sp³-hybridized carbons (Fsp3) is 0.756. The second kappa shape index (κ2) is 21.4. The lowest BCUT2D eigenvalue weighted by molar-refractivity contribution is -0.380. The molecule has 6 aliphatic rings. The predicted octanol–water partition coefficient (Wildman–Crippen LogP) is -8.85. The van der Waals surface area contributed by atoms with Gasteiger partial charge in [-0.3, -0.25) is 19.2 Å². The van der Waals surface area contributed by atoms with E-state index in [9.17, 15) is 75.3 Å². The number of benzene rings is 1. The molecule has 0 radical (unpaired) electrons. The molecule has 6 fully saturated rings. The SMILES string of the molecule is COc1ccc(O[C@@H]2O[C@H](CO)[C@@H](O[C@@H]3O[C@H](CO)[C@H](O)[C@@H]4O[C@]5(C[C@@H](O)[C@H](NC(C)=O)[C@@H]([C@H](O)[C@H]6CNC(=O)[C@]7(C[C@H](O)[C@@H](NC(C)=O)[C@H]([C@H](O)[C@H](O)CO)O7)O6)O5)C(=O)N[C@@H]34)[C@H](O)[C@H]2O)cc1. The van der Waals surface area contributed by atoms with Gasteiger partial charge in [0.15, 0.2) is 6.29 Å². The van der Waals surface area contributed by atoms with Crippen molar-refractivity contribution < 1.29 is 118 Å². The smallest absolute Gasteiger partial charge is 0.280 e. The molecular weight excluding hydrogens is 932 g/mol. The molecule has 0 aliphatic carbocycles. The molecule has 0 saturated carbocycles. The van der Waals surface area contributed by atoms with Crippen molar-refractivity contribution in [2.75, 3.05) is 33.5 Å². The number of morpholine rings is 2. The molecule has 7 rings (SSSR count). The summed E-state index contributed by atoms with van der Waals surface area (Å²) in [4.78, 5) is 52.4. The molecule has 4 amide bonds. The van der Waals surface area contributed by atoms with E-state index in [4.69, 9.17) is 42.6 Å². The summed E-state index contributed by atoms with van der Waals surface area (Å²) >= 11 is 0. The summed E-state index contributed by atoms with van der Waals surface area (Å²) in [7, 11) is 1.46. The van der Waals surface area contributed by atoms with Gasteiger partial charge in [0.25, 0.3) is 23.4 Å². The number of aliphatic hydroxyl groups excluding tert-OH is 11. The Labute approximate surface area is 392 Å². The van der Waals surface area contributed by atoms with Crippen LogP contribution in [-0.4, -0.2) is 247 Å². The first kappa shape index (κ1) is 52.8. The Morgan fingerprint density at radius 3 is 1.90 bits per heavy atom. The third kappa shape index (κ3) is 10.5. The number of amides is 4. The van der Waals surface area contributed by atoms with Gasteiger partial charge < -0.3 is 120 Å². The van der Waals surface area contributed by atoms with Crippen LogP contribution in [0.3, 0.4) is 0 Å². The molecule has 0 unspecified atom stereocenters. The number of methoxy groups -OCH3 is 1. The number of fused-ring (bicyclic) bond motifs is 1. The number of hydrogen-bond donors (Lipinski definition) is 15. The second-order valence-electron chi connectivity index (χ2n) is 17.7. The van der Waals surface area contributed by atoms with Gasteiger partial charge in [0.2, 0.25) is 18.1 Å². The van der Waals surface area contributed by atoms with E-state index in [1.54, 1.807) is 12.1 Å². The van der Waals surface area contributed by atoms with Crippen molar-refractivity contribution in [2.24, 2.45) is 0 Å². The molecule has 2 spiro atoms. The van der Waals surface area contributed by atoms with E-state index < -0.39 is 197 Å². The number of nitrogens with one attached hydrogen (secondary N) is 4. The van der Waals surface area contributed by atoms with E-state index in [0.29, 0.717) is 5.75 Å². The highest BCUT2D eigenvalue weighted by atomic mass is 16.8. The number of aliphatic hydroxyl groups is 11. The Kier molecular flexibility index (Phi) is 16.3. The second-order valence-corrected chi connectivity index (χ2v) is 17.7. The lowest BCUT2D eigenvalue weighted by Gasteiger charge is -2.56. The quantitative estimate of drug-likeness (QED) is 0.0823. The highest BCUT2D eigenvalue weighted by Crippen LogP contribution is 2.43. The molecule has 1 aromatic carbocycles. The van der Waals surface area contributed by atoms with Gasteiger partial charge in [0.05, 0.1) is 51.2 Å². The fourth-order valence-corrected chi connectivity index (χ4v) is 9.43. The first-order valence-corrected chi connectivity index (χ1v) is 22.1. The van der Waals surface area contributed by atoms with Gasteiger partial charge in [0.1, 0.15) is 96.9 Å². The molecule has 28 heteroatoms. The molecule has 6 heterocycles. The Morgan fingerprint density at radius 2 is 1.32 bits per heavy atom. The highest BCUT2D eigenvalue weighted by molar-refractivity contribution is 5.86. The summed E-state index contributed by atoms with van der Waals surface area (Å²) in [5, 5.41) is 130. The molecule has 69 heavy (non-hydrogen) atoms. The normalized spacial score (nSPS) is 42.6. The number of carbonyl (C=O) groups excluding carboxylic acids is 4. The van der Waals surface area contributed by atoms with Gasteiger partial charge in [-0.25, -0.2) is 0 Å². The summed E-state index contributed by atoms with van der Waals surface area (Å²) in [6.45, 7) is -1.09. The van der Waals surface area contributed by atoms with E-state index >= 15 is 0 Å². The Morgan fingerprint density at radius 1 is 0.754 bits per heavy atom. The van der Waals surface area contributed by atoms with Crippen LogP contribution in [0.25, 0.3) is 0 Å². The molecule has 388 valence electrons. The summed E-state index contributed by atoms with van der Waals surface area (Å²) in [6.07, 6.45) is -31.4. The monoisotopic (exact) mass is 992 g/mol. The lowest BCUT2D eigenvalue weighted by Crippen LogP contribution is -2.78. The number of carbonyl (C=O) groups is 4. The zero-order valence-corrected chi connectivity index (χ0v) is 37.3. The minimum Gasteiger partial charge on any atom is -0.497 e. The summed E-state index contributed by atoms with van der Waals surface area (Å²) in [5.74, 6) is -8.17. The van der Waals surface area contributed by atoms with Gasteiger partial charge in [-0.05, 0) is 24.3 Å². The minimum absolute atomic E-state index is 0.203. The topological polar surface area (TPSA) is 422 Å². The lowest BCUT2D eigenvalue weighted by atomic mass is 9.85. The molecule has 6 saturated heterocycles. The number of ether oxygens (including phenoxy) is 9. The first-order chi connectivity index (χ1) is 32.7. The maximum Gasteiger partial charge on any atom is 0.280 e. The third-order valence-corrected chi connectivity index (χ3v) is 12.9. The van der Waals surface area contributed by atoms with Crippen molar-refractivity contribution in [3.05, 3.63) is 24.3 Å². The third-order valence-electron chi connectivity index (χ3n) is 12.9. The van der Waals surface area contributed by atoms with E-state index in [1.165, 1.54) is 19.2 Å². The van der Waals surface area contributed by atoms with E-state index in [2.05, 4.69) is 21.3 Å². The largest absolute Gasteiger partial charge is 0.497 e. The molecule has 0 bridgehead atoms. The summed E-state index contributed by atoms with van der Waals surface area (Å²) < 4.78 is 52.8. The highest BCUT2D eigenvalue weighted by Gasteiger charge is 2.65. The van der Waals surface area contributed by atoms with Crippen molar-refractivity contribution in [3.8, 4) is 11.5 Å². The number of rotatable bonds is 14. The molecule has 1 aromatic rings. The minimum atomic E-state index is -2.64. The Bertz CT molecular complexity index is 1970. The Hall–Kier alpha value is -4.02. The molecule has 22 atom stereocenters. The van der Waals surface area contributed by atoms with Crippen LogP contribution in [0.1, 0.15) is 26.7 Å². The van der Waals surface area contributed by atoms with Crippen molar-refractivity contribution in [1.29, 1.82) is 0 Å². The van der Waals surface area contributed by atoms with Crippen molar-refractivity contribution in [3.63, 3.8) is 0 Å². The van der Waals surface area contributed by atoms with E-state index in [0.717, 1.165) is 13.8 Å². The van der Waals surface area contributed by atoms with Gasteiger partial charge in [0, 0.05) is 33.2 Å². The van der Waals surface area contributed by atoms with Crippen LogP contribution in [0, 0.1) is 0 Å². The van der Waals surface area contributed by atoms with Gasteiger partial charge in [-0.15, -0.1) is 0 Å². The Balaban J connectivity index is 1.12. The summed E-state index contributed by atoms with van der Waals surface area (Å²) in [5.41, 5.74) is 0. The molecule has 6 aliphatic heterocycles. The average molecular weight is 993 g/mol. The fourth-order valence-electron chi connectivity index (χ4n) is 9.43. The maximum absolute atomic E-state index is 14.4. The zero-order valence-electron chi connectivity index (χ0n) is 37.3. The van der Waals surface area contributed by atoms with Gasteiger partial charge >= 0.3 is 0 Å². The van der Waals surface area contributed by atoms with Crippen LogP contribution in [0.4, 0.5) is 0 Å². The van der Waals surface area contributed by atoms with Crippen LogP contribution < -0.4 is 30.7 Å². The first-order valence-electron chi connectivity index (χ1n) is 22.1. The van der Waals surface area contributed by atoms with Gasteiger partial charge in [-0.2, -0.15) is 0 Å². The van der Waals surface area contributed by atoms with Crippen molar-refractivity contribution >= 4 is 23.6 Å². The molecule has 15 N–H and O–H groups in total. The molecular formula is C41H60N4O24. The molecule has 0 aromatic heterocycles. The summed E-state index contributed by atoms with van der Waals surface area (Å²) in [6, 6.07) is 1.59. The number of hydrogen-bond acceptors (Lipinski definition) is 24. The maximum atomic E-state index is 14.4. The van der Waals surface area contributed by atoms with Crippen LogP contribution in [-0.2, 0) is 52.3 Å². The molecule has 28 nitrogen and oxygen atoms in total. The van der Waals surface area contributed by atoms with E-state index in [1.807, 2.05) is 0 Å². The zero-order chi connectivity index (χ0) is 50.3. The van der Waals surface area contributed by atoms with Crippen LogP contribution in [0.2, 0.25) is 0 Å². The van der Waals surface area contributed by atoms with Crippen LogP contribution >= 0.6 is 0 Å². The van der Waals surface area contributed by atoms with Crippen LogP contribution in [0.15, 0.2) is 24.3 Å². The van der Waals surface area contributed by atoms with Crippen LogP contribution in [0.5, 0.6) is 11.5 Å². The van der Waals surface area contributed by atoms with Crippen molar-refractivity contribution in [1.82, 2.24) is 21.3 Å². The van der Waals surface area contributed by atoms with E-state index in [-0.39, 0.29) is 5.75 Å². The predicted molar refractivity (Wildman–Crippen MR) is 219 cm³/mol. The average Bonchev–Trinajstić information content (AvgIpc) is 3.32. The standard InChI is InChI=1S/C41H60N4O24/c1-14(49)43-24-18(51)8-40(67-33(24)27(54)20(53)11-46)38(59)42-10-21(66-40)28(55)34-25(44-15(2)50)19(52)9-41(68-34)39(60)45-26-35(69-41)29(56)22(12-47)63-36(26)65-32-23(13-48)64-37(31(58)30(32)57)62-17-6-4-16(61-3)5-7-17/h4-7,18-37,46-48,51-58H,8-13H2,1-3H3,(H,42,59)(H,43,49)(H,44,50)(H,45,60)/t18-,19+,20+,21+,22+,23+,24+,25-,26+,27+,28+,29-,30+,31+,32+,33+,34-,35+,36-,37+,40+,41+/m0/s1. The van der Waals surface area contributed by atoms with Crippen molar-refractivity contribution in [2.45, 2.75) is 161 Å².